The minimum atomic E-state index is 0.189. The molecule has 2 rings (SSSR count). The summed E-state index contributed by atoms with van der Waals surface area (Å²) in [5, 5.41) is 0. The van der Waals surface area contributed by atoms with E-state index < -0.39 is 0 Å². The van der Waals surface area contributed by atoms with Gasteiger partial charge in [-0.2, -0.15) is 0 Å². The van der Waals surface area contributed by atoms with Gasteiger partial charge in [-0.1, -0.05) is 0 Å². The van der Waals surface area contributed by atoms with Gasteiger partial charge >= 0.3 is 0 Å². The van der Waals surface area contributed by atoms with Crippen molar-refractivity contribution < 1.29 is 19.0 Å². The monoisotopic (exact) mass is 208 g/mol. The van der Waals surface area contributed by atoms with Crippen molar-refractivity contribution in [2.24, 2.45) is 0 Å². The van der Waals surface area contributed by atoms with Crippen molar-refractivity contribution in [2.75, 3.05) is 20.3 Å². The van der Waals surface area contributed by atoms with Crippen LogP contribution in [0.1, 0.15) is 10.4 Å². The van der Waals surface area contributed by atoms with Gasteiger partial charge in [0.2, 0.25) is 0 Å². The number of ether oxygens (including phenoxy) is 3. The summed E-state index contributed by atoms with van der Waals surface area (Å²) in [6.45, 7) is 1.24. The Hall–Kier alpha value is -1.55. The number of aldehydes is 1. The van der Waals surface area contributed by atoms with E-state index in [4.69, 9.17) is 14.2 Å². The highest BCUT2D eigenvalue weighted by Crippen LogP contribution is 2.28. The molecule has 0 amide bonds. The third-order valence-electron chi connectivity index (χ3n) is 2.15. The molecule has 0 aliphatic carbocycles. The van der Waals surface area contributed by atoms with Crippen molar-refractivity contribution in [2.45, 2.75) is 6.10 Å². The average molecular weight is 208 g/mol. The van der Waals surface area contributed by atoms with Crippen molar-refractivity contribution in [1.82, 2.24) is 0 Å². The van der Waals surface area contributed by atoms with Crippen LogP contribution in [0.5, 0.6) is 11.5 Å². The lowest BCUT2D eigenvalue weighted by atomic mass is 10.2. The SMILES string of the molecule is COc1ccc(C=O)cc1OCC1CO1. The largest absolute Gasteiger partial charge is 0.493 e. The normalized spacial score (nSPS) is 18.3. The molecule has 4 nitrogen and oxygen atoms in total. The zero-order valence-electron chi connectivity index (χ0n) is 8.43. The Kier molecular flexibility index (Phi) is 2.87. The van der Waals surface area contributed by atoms with Crippen LogP contribution < -0.4 is 9.47 Å². The van der Waals surface area contributed by atoms with Crippen LogP contribution in [0, 0.1) is 0 Å². The first-order chi connectivity index (χ1) is 7.33. The van der Waals surface area contributed by atoms with E-state index in [2.05, 4.69) is 0 Å². The quantitative estimate of drug-likeness (QED) is 0.540. The minimum Gasteiger partial charge on any atom is -0.493 e. The fourth-order valence-corrected chi connectivity index (χ4v) is 1.23. The van der Waals surface area contributed by atoms with E-state index in [1.54, 1.807) is 25.3 Å². The molecule has 15 heavy (non-hydrogen) atoms. The Morgan fingerprint density at radius 3 is 2.93 bits per heavy atom. The van der Waals surface area contributed by atoms with Crippen LogP contribution in [0.15, 0.2) is 18.2 Å². The van der Waals surface area contributed by atoms with Crippen molar-refractivity contribution >= 4 is 6.29 Å². The van der Waals surface area contributed by atoms with Gasteiger partial charge in [0.1, 0.15) is 19.0 Å². The molecular weight excluding hydrogens is 196 g/mol. The van der Waals surface area contributed by atoms with Crippen molar-refractivity contribution in [1.29, 1.82) is 0 Å². The summed E-state index contributed by atoms with van der Waals surface area (Å²) in [6.07, 6.45) is 0.967. The maximum atomic E-state index is 10.6. The number of hydrogen-bond acceptors (Lipinski definition) is 4. The molecule has 1 atom stereocenters. The van der Waals surface area contributed by atoms with E-state index in [9.17, 15) is 4.79 Å². The summed E-state index contributed by atoms with van der Waals surface area (Å²) in [5.74, 6) is 1.21. The number of carbonyl (C=O) groups excluding carboxylic acids is 1. The first-order valence-corrected chi connectivity index (χ1v) is 4.71. The predicted octanol–water partition coefficient (Wildman–Crippen LogP) is 1.29. The lowest BCUT2D eigenvalue weighted by molar-refractivity contribution is 0.112. The molecular formula is C11H12O4. The van der Waals surface area contributed by atoms with Gasteiger partial charge in [0.25, 0.3) is 0 Å². The van der Waals surface area contributed by atoms with Gasteiger partial charge in [-0.15, -0.1) is 0 Å². The van der Waals surface area contributed by atoms with Crippen molar-refractivity contribution in [3.8, 4) is 11.5 Å². The molecule has 1 aromatic rings. The fraction of sp³-hybridized carbons (Fsp3) is 0.364. The summed E-state index contributed by atoms with van der Waals surface area (Å²) in [4.78, 5) is 10.6. The Labute approximate surface area is 87.8 Å². The van der Waals surface area contributed by atoms with Crippen LogP contribution in [0.25, 0.3) is 0 Å². The molecule has 1 heterocycles. The molecule has 1 aromatic carbocycles. The number of rotatable bonds is 5. The average Bonchev–Trinajstić information content (AvgIpc) is 3.09. The second-order valence-electron chi connectivity index (χ2n) is 3.29. The Morgan fingerprint density at radius 2 is 2.33 bits per heavy atom. The van der Waals surface area contributed by atoms with Crippen LogP contribution in [-0.4, -0.2) is 32.7 Å². The number of benzene rings is 1. The first-order valence-electron chi connectivity index (χ1n) is 4.71. The zero-order valence-corrected chi connectivity index (χ0v) is 8.43. The zero-order chi connectivity index (χ0) is 10.7. The maximum absolute atomic E-state index is 10.6. The lowest BCUT2D eigenvalue weighted by Crippen LogP contribution is -2.05. The number of epoxide rings is 1. The molecule has 0 bridgehead atoms. The van der Waals surface area contributed by atoms with E-state index in [1.165, 1.54) is 0 Å². The third-order valence-corrected chi connectivity index (χ3v) is 2.15. The summed E-state index contributed by atoms with van der Waals surface area (Å²) in [6, 6.07) is 5.06. The van der Waals surface area contributed by atoms with Gasteiger partial charge < -0.3 is 14.2 Å². The molecule has 0 radical (unpaired) electrons. The Bertz CT molecular complexity index is 358. The Balaban J connectivity index is 2.12. The van der Waals surface area contributed by atoms with Gasteiger partial charge in [0, 0.05) is 5.56 Å². The summed E-state index contributed by atoms with van der Waals surface area (Å²) in [7, 11) is 1.57. The predicted molar refractivity (Wildman–Crippen MR) is 53.6 cm³/mol. The smallest absolute Gasteiger partial charge is 0.162 e. The van der Waals surface area contributed by atoms with Gasteiger partial charge in [-0.05, 0) is 18.2 Å². The van der Waals surface area contributed by atoms with Crippen LogP contribution >= 0.6 is 0 Å². The van der Waals surface area contributed by atoms with Crippen LogP contribution in [0.2, 0.25) is 0 Å². The van der Waals surface area contributed by atoms with E-state index in [0.717, 1.165) is 12.9 Å². The topological polar surface area (TPSA) is 48.1 Å². The standard InChI is InChI=1S/C11H12O4/c1-13-10-3-2-8(5-12)4-11(10)15-7-9-6-14-9/h2-5,9H,6-7H2,1H3. The maximum Gasteiger partial charge on any atom is 0.162 e. The molecule has 0 spiro atoms. The van der Waals surface area contributed by atoms with Crippen LogP contribution in [0.4, 0.5) is 0 Å². The molecule has 1 aliphatic heterocycles. The molecule has 1 saturated heterocycles. The first kappa shape index (κ1) is 9.98. The van der Waals surface area contributed by atoms with Crippen LogP contribution in [0.3, 0.4) is 0 Å². The van der Waals surface area contributed by atoms with Gasteiger partial charge in [0.05, 0.1) is 13.7 Å². The number of carbonyl (C=O) groups is 1. The van der Waals surface area contributed by atoms with Gasteiger partial charge in [-0.25, -0.2) is 0 Å². The van der Waals surface area contributed by atoms with Crippen molar-refractivity contribution in [3.05, 3.63) is 23.8 Å². The van der Waals surface area contributed by atoms with E-state index in [-0.39, 0.29) is 6.10 Å². The van der Waals surface area contributed by atoms with Crippen LogP contribution in [-0.2, 0) is 4.74 Å². The summed E-state index contributed by atoms with van der Waals surface area (Å²) >= 11 is 0. The van der Waals surface area contributed by atoms with Gasteiger partial charge in [0.15, 0.2) is 11.5 Å². The Morgan fingerprint density at radius 1 is 1.53 bits per heavy atom. The molecule has 4 heteroatoms. The second kappa shape index (κ2) is 4.31. The molecule has 80 valence electrons. The number of methoxy groups -OCH3 is 1. The molecule has 0 aromatic heterocycles. The third kappa shape index (κ3) is 2.47. The van der Waals surface area contributed by atoms with Crippen molar-refractivity contribution in [3.63, 3.8) is 0 Å². The van der Waals surface area contributed by atoms with Gasteiger partial charge in [-0.3, -0.25) is 4.79 Å². The molecule has 1 fully saturated rings. The lowest BCUT2D eigenvalue weighted by Gasteiger charge is -2.09. The highest BCUT2D eigenvalue weighted by atomic mass is 16.6. The highest BCUT2D eigenvalue weighted by molar-refractivity contribution is 5.76. The van der Waals surface area contributed by atoms with E-state index >= 15 is 0 Å². The molecule has 0 N–H and O–H groups in total. The molecule has 1 unspecified atom stereocenters. The fourth-order valence-electron chi connectivity index (χ4n) is 1.23. The van der Waals surface area contributed by atoms with E-state index in [1.807, 2.05) is 0 Å². The minimum absolute atomic E-state index is 0.189. The molecule has 1 aliphatic rings. The highest BCUT2D eigenvalue weighted by Gasteiger charge is 2.23. The summed E-state index contributed by atoms with van der Waals surface area (Å²) in [5.41, 5.74) is 0.572. The van der Waals surface area contributed by atoms with E-state index in [0.29, 0.717) is 23.7 Å². The molecule has 0 saturated carbocycles. The second-order valence-corrected chi connectivity index (χ2v) is 3.29. The number of hydrogen-bond donors (Lipinski definition) is 0. The summed E-state index contributed by atoms with van der Waals surface area (Å²) < 4.78 is 15.6.